The van der Waals surface area contributed by atoms with Crippen LogP contribution in [0.4, 0.5) is 10.4 Å². The number of nitrogens with one attached hydrogen (secondary N) is 1. The van der Waals surface area contributed by atoms with Gasteiger partial charge in [-0.3, -0.25) is 10.1 Å². The van der Waals surface area contributed by atoms with Crippen LogP contribution in [0.1, 0.15) is 29.7 Å². The van der Waals surface area contributed by atoms with E-state index in [0.29, 0.717) is 16.3 Å². The summed E-state index contributed by atoms with van der Waals surface area (Å²) in [6.45, 7) is 0. The van der Waals surface area contributed by atoms with Gasteiger partial charge >= 0.3 is 6.01 Å². The molecule has 1 fully saturated rings. The number of hydrogen-bond acceptors (Lipinski definition) is 4. The van der Waals surface area contributed by atoms with Crippen molar-refractivity contribution in [3.05, 3.63) is 76.4 Å². The van der Waals surface area contributed by atoms with Crippen molar-refractivity contribution in [2.24, 2.45) is 0 Å². The normalized spacial score (nSPS) is 14.5. The fraction of sp³-hybridized carbons (Fsp3) is 0.238. The van der Waals surface area contributed by atoms with Gasteiger partial charge in [0.2, 0.25) is 5.91 Å². The lowest BCUT2D eigenvalue weighted by Crippen LogP contribution is -2.27. The quantitative estimate of drug-likeness (QED) is 0.649. The lowest BCUT2D eigenvalue weighted by atomic mass is 9.95. The molecule has 0 bridgehead atoms. The third kappa shape index (κ3) is 3.47. The molecule has 5 nitrogen and oxygen atoms in total. The van der Waals surface area contributed by atoms with E-state index in [-0.39, 0.29) is 18.3 Å². The van der Waals surface area contributed by atoms with Crippen LogP contribution in [0.2, 0.25) is 5.02 Å². The molecule has 1 amide bonds. The topological polar surface area (TPSA) is 64.4 Å². The van der Waals surface area contributed by atoms with Crippen molar-refractivity contribution in [2.75, 3.05) is 12.4 Å². The van der Waals surface area contributed by atoms with Crippen molar-refractivity contribution in [1.29, 1.82) is 0 Å². The Hall–Kier alpha value is -2.86. The van der Waals surface area contributed by atoms with E-state index in [2.05, 4.69) is 10.3 Å². The highest BCUT2D eigenvalue weighted by atomic mass is 35.5. The number of ether oxygens (including phenoxy) is 1. The molecule has 0 radical (unpaired) electrons. The van der Waals surface area contributed by atoms with E-state index in [1.54, 1.807) is 19.2 Å². The van der Waals surface area contributed by atoms with Gasteiger partial charge in [0.1, 0.15) is 17.3 Å². The number of carbonyl (C=O) groups is 1. The van der Waals surface area contributed by atoms with Crippen LogP contribution in [0.15, 0.2) is 53.1 Å². The van der Waals surface area contributed by atoms with E-state index in [1.165, 1.54) is 12.3 Å². The number of halogens is 2. The van der Waals surface area contributed by atoms with Gasteiger partial charge in [-0.15, -0.1) is 0 Å². The Morgan fingerprint density at radius 2 is 2.04 bits per heavy atom. The van der Waals surface area contributed by atoms with E-state index >= 15 is 0 Å². The SMILES string of the molecule is COc1ccc(C2(C(=O)Nc3ncc(Cc4c(F)cccc4Cl)o3)CC2)cc1. The fourth-order valence-corrected chi connectivity index (χ4v) is 3.45. The van der Waals surface area contributed by atoms with E-state index in [1.807, 2.05) is 24.3 Å². The summed E-state index contributed by atoms with van der Waals surface area (Å²) in [5.41, 5.74) is 0.682. The number of benzene rings is 2. The Balaban J connectivity index is 1.47. The maximum atomic E-state index is 13.9. The van der Waals surface area contributed by atoms with Crippen LogP contribution in [-0.2, 0) is 16.6 Å². The van der Waals surface area contributed by atoms with Gasteiger partial charge in [-0.05, 0) is 42.7 Å². The first kappa shape index (κ1) is 18.5. The van der Waals surface area contributed by atoms with Gasteiger partial charge in [0.15, 0.2) is 0 Å². The zero-order valence-corrected chi connectivity index (χ0v) is 15.9. The number of anilines is 1. The maximum absolute atomic E-state index is 13.9. The molecule has 1 aliphatic carbocycles. The predicted molar refractivity (Wildman–Crippen MR) is 103 cm³/mol. The third-order valence-electron chi connectivity index (χ3n) is 5.01. The van der Waals surface area contributed by atoms with Gasteiger partial charge in [0.05, 0.1) is 18.7 Å². The van der Waals surface area contributed by atoms with Gasteiger partial charge in [0, 0.05) is 17.0 Å². The highest BCUT2D eigenvalue weighted by molar-refractivity contribution is 6.31. The summed E-state index contributed by atoms with van der Waals surface area (Å²) in [6, 6.07) is 12.1. The lowest BCUT2D eigenvalue weighted by Gasteiger charge is -2.14. The van der Waals surface area contributed by atoms with E-state index in [0.717, 1.165) is 24.2 Å². The Bertz CT molecular complexity index is 992. The molecule has 2 aromatic carbocycles. The summed E-state index contributed by atoms with van der Waals surface area (Å²) in [5.74, 6) is 0.571. The minimum Gasteiger partial charge on any atom is -0.497 e. The number of amides is 1. The number of methoxy groups -OCH3 is 1. The van der Waals surface area contributed by atoms with Crippen molar-refractivity contribution in [1.82, 2.24) is 4.98 Å². The first-order valence-corrected chi connectivity index (χ1v) is 9.23. The number of nitrogens with zero attached hydrogens (tertiary/aromatic N) is 1. The first-order chi connectivity index (χ1) is 13.5. The molecular weight excluding hydrogens is 383 g/mol. The zero-order valence-electron chi connectivity index (χ0n) is 15.2. The summed E-state index contributed by atoms with van der Waals surface area (Å²) in [4.78, 5) is 16.9. The fourth-order valence-electron chi connectivity index (χ4n) is 3.22. The van der Waals surface area contributed by atoms with E-state index < -0.39 is 11.2 Å². The Morgan fingerprint density at radius 3 is 2.68 bits per heavy atom. The van der Waals surface area contributed by atoms with Gasteiger partial charge in [-0.1, -0.05) is 29.8 Å². The van der Waals surface area contributed by atoms with Gasteiger partial charge < -0.3 is 9.15 Å². The van der Waals surface area contributed by atoms with Crippen molar-refractivity contribution >= 4 is 23.5 Å². The zero-order chi connectivity index (χ0) is 19.7. The summed E-state index contributed by atoms with van der Waals surface area (Å²) in [7, 11) is 1.60. The summed E-state index contributed by atoms with van der Waals surface area (Å²) >= 11 is 6.05. The van der Waals surface area contributed by atoms with Crippen LogP contribution in [-0.4, -0.2) is 18.0 Å². The molecule has 1 N–H and O–H groups in total. The molecular formula is C21H18ClFN2O3. The molecule has 144 valence electrons. The van der Waals surface area contributed by atoms with Crippen molar-refractivity contribution in [3.63, 3.8) is 0 Å². The predicted octanol–water partition coefficient (Wildman–Crippen LogP) is 4.74. The Morgan fingerprint density at radius 1 is 1.29 bits per heavy atom. The molecule has 0 unspecified atom stereocenters. The lowest BCUT2D eigenvalue weighted by molar-refractivity contribution is -0.118. The number of rotatable bonds is 6. The smallest absolute Gasteiger partial charge is 0.301 e. The second kappa shape index (κ2) is 7.28. The number of carbonyl (C=O) groups excluding carboxylic acids is 1. The highest BCUT2D eigenvalue weighted by Gasteiger charge is 2.51. The standard InChI is InChI=1S/C21H18ClFN2O3/c1-27-14-7-5-13(6-8-14)21(9-10-21)19(26)25-20-24-12-15(28-20)11-16-17(22)3-2-4-18(16)23/h2-8,12H,9-11H2,1H3,(H,24,25,26). The van der Waals surface area contributed by atoms with Crippen LogP contribution in [0, 0.1) is 5.82 Å². The minimum absolute atomic E-state index is 0.0900. The van der Waals surface area contributed by atoms with Gasteiger partial charge in [-0.2, -0.15) is 0 Å². The Labute approximate surface area is 166 Å². The highest BCUT2D eigenvalue weighted by Crippen LogP contribution is 2.49. The first-order valence-electron chi connectivity index (χ1n) is 8.85. The molecule has 4 rings (SSSR count). The summed E-state index contributed by atoms with van der Waals surface area (Å²) < 4.78 is 24.7. The third-order valence-corrected chi connectivity index (χ3v) is 5.37. The summed E-state index contributed by atoms with van der Waals surface area (Å²) in [5, 5.41) is 3.05. The number of oxazole rings is 1. The minimum atomic E-state index is -0.574. The average molecular weight is 401 g/mol. The Kier molecular flexibility index (Phi) is 4.81. The second-order valence-electron chi connectivity index (χ2n) is 6.77. The van der Waals surface area contributed by atoms with Crippen LogP contribution >= 0.6 is 11.6 Å². The molecule has 0 aliphatic heterocycles. The van der Waals surface area contributed by atoms with Crippen LogP contribution in [0.25, 0.3) is 0 Å². The van der Waals surface area contributed by atoms with Crippen LogP contribution in [0.5, 0.6) is 5.75 Å². The second-order valence-corrected chi connectivity index (χ2v) is 7.18. The monoisotopic (exact) mass is 400 g/mol. The van der Waals surface area contributed by atoms with Crippen LogP contribution in [0.3, 0.4) is 0 Å². The van der Waals surface area contributed by atoms with Crippen LogP contribution < -0.4 is 10.1 Å². The summed E-state index contributed by atoms with van der Waals surface area (Å²) in [6.07, 6.45) is 3.12. The van der Waals surface area contributed by atoms with Gasteiger partial charge in [0.25, 0.3) is 0 Å². The molecule has 3 aromatic rings. The number of aromatic nitrogens is 1. The van der Waals surface area contributed by atoms with E-state index in [9.17, 15) is 9.18 Å². The largest absolute Gasteiger partial charge is 0.497 e. The maximum Gasteiger partial charge on any atom is 0.301 e. The molecule has 0 saturated heterocycles. The molecule has 0 atom stereocenters. The molecule has 7 heteroatoms. The van der Waals surface area contributed by atoms with E-state index in [4.69, 9.17) is 20.8 Å². The van der Waals surface area contributed by atoms with Crippen molar-refractivity contribution < 1.29 is 18.3 Å². The molecule has 1 aromatic heterocycles. The van der Waals surface area contributed by atoms with Crippen molar-refractivity contribution in [3.8, 4) is 5.75 Å². The molecule has 1 saturated carbocycles. The molecule has 0 spiro atoms. The van der Waals surface area contributed by atoms with Crippen molar-refractivity contribution in [2.45, 2.75) is 24.7 Å². The average Bonchev–Trinajstić information content (AvgIpc) is 3.40. The van der Waals surface area contributed by atoms with Gasteiger partial charge in [-0.25, -0.2) is 9.37 Å². The molecule has 1 heterocycles. The molecule has 28 heavy (non-hydrogen) atoms. The molecule has 1 aliphatic rings. The number of hydrogen-bond donors (Lipinski definition) is 1.